The predicted molar refractivity (Wildman–Crippen MR) is 78.8 cm³/mol. The van der Waals surface area contributed by atoms with E-state index in [0.717, 1.165) is 17.9 Å². The maximum absolute atomic E-state index is 8.96. The number of oxime groups is 1. The Morgan fingerprint density at radius 2 is 2.05 bits per heavy atom. The number of aryl methyl sites for hydroxylation is 1. The van der Waals surface area contributed by atoms with E-state index in [1.165, 1.54) is 0 Å². The molecule has 5 heteroatoms. The molecule has 1 aromatic heterocycles. The lowest BCUT2D eigenvalue weighted by molar-refractivity contribution is 0.318. The molecule has 5 nitrogen and oxygen atoms in total. The van der Waals surface area contributed by atoms with Gasteiger partial charge in [0.2, 0.25) is 0 Å². The minimum absolute atomic E-state index is 0.106. The van der Waals surface area contributed by atoms with Gasteiger partial charge in [-0.15, -0.1) is 0 Å². The van der Waals surface area contributed by atoms with Gasteiger partial charge in [0.05, 0.1) is 5.56 Å². The van der Waals surface area contributed by atoms with E-state index in [1.807, 2.05) is 13.0 Å². The molecule has 0 spiro atoms. The van der Waals surface area contributed by atoms with Gasteiger partial charge in [-0.05, 0) is 38.3 Å². The molecule has 3 N–H and O–H groups in total. The van der Waals surface area contributed by atoms with E-state index in [4.69, 9.17) is 10.9 Å². The van der Waals surface area contributed by atoms with E-state index in [-0.39, 0.29) is 5.84 Å². The summed E-state index contributed by atoms with van der Waals surface area (Å²) in [5.41, 5.74) is 7.46. The molecule has 1 aromatic rings. The Kier molecular flexibility index (Phi) is 5.15. The highest BCUT2D eigenvalue weighted by molar-refractivity contribution is 6.02. The summed E-state index contributed by atoms with van der Waals surface area (Å²) < 4.78 is 0. The van der Waals surface area contributed by atoms with Crippen LogP contribution in [0.4, 0.5) is 5.82 Å². The number of nitrogens with two attached hydrogens (primary N) is 1. The van der Waals surface area contributed by atoms with Crippen LogP contribution in [-0.2, 0) is 0 Å². The molecule has 0 radical (unpaired) electrons. The Balaban J connectivity index is 3.34. The molecule has 0 saturated heterocycles. The Labute approximate surface area is 115 Å². The third-order valence-electron chi connectivity index (χ3n) is 2.96. The van der Waals surface area contributed by atoms with Gasteiger partial charge in [0.1, 0.15) is 5.82 Å². The molecular formula is C14H24N4O. The second-order valence-electron chi connectivity index (χ2n) is 5.45. The van der Waals surface area contributed by atoms with Crippen LogP contribution in [0, 0.1) is 12.8 Å². The maximum Gasteiger partial charge on any atom is 0.174 e. The number of nitrogens with zero attached hydrogens (tertiary/aromatic N) is 3. The molecule has 19 heavy (non-hydrogen) atoms. The van der Waals surface area contributed by atoms with E-state index in [2.05, 4.69) is 42.7 Å². The van der Waals surface area contributed by atoms with Gasteiger partial charge < -0.3 is 15.8 Å². The second-order valence-corrected chi connectivity index (χ2v) is 5.45. The molecule has 1 heterocycles. The summed E-state index contributed by atoms with van der Waals surface area (Å²) in [6.07, 6.45) is 1.76. The van der Waals surface area contributed by atoms with Crippen LogP contribution in [-0.4, -0.2) is 28.6 Å². The molecule has 0 aromatic carbocycles. The third-order valence-corrected chi connectivity index (χ3v) is 2.96. The minimum atomic E-state index is 0.106. The van der Waals surface area contributed by atoms with Gasteiger partial charge in [-0.3, -0.25) is 0 Å². The van der Waals surface area contributed by atoms with Crippen molar-refractivity contribution in [3.63, 3.8) is 0 Å². The van der Waals surface area contributed by atoms with Gasteiger partial charge in [0, 0.05) is 18.8 Å². The molecule has 0 aliphatic heterocycles. The molecule has 0 saturated carbocycles. The zero-order valence-corrected chi connectivity index (χ0v) is 12.4. The number of rotatable bonds is 5. The molecular weight excluding hydrogens is 240 g/mol. The first kappa shape index (κ1) is 15.3. The fourth-order valence-electron chi connectivity index (χ4n) is 2.06. The molecule has 0 unspecified atom stereocenters. The van der Waals surface area contributed by atoms with Crippen LogP contribution in [0.5, 0.6) is 0 Å². The summed E-state index contributed by atoms with van der Waals surface area (Å²) in [6, 6.07) is 2.16. The fraction of sp³-hybridized carbons (Fsp3) is 0.571. The van der Waals surface area contributed by atoms with Gasteiger partial charge in [0.25, 0.3) is 0 Å². The van der Waals surface area contributed by atoms with E-state index < -0.39 is 0 Å². The zero-order chi connectivity index (χ0) is 14.6. The lowest BCUT2D eigenvalue weighted by Gasteiger charge is -2.31. The molecule has 1 rings (SSSR count). The van der Waals surface area contributed by atoms with Crippen LogP contribution in [0.25, 0.3) is 0 Å². The van der Waals surface area contributed by atoms with Crippen molar-refractivity contribution in [2.24, 2.45) is 16.8 Å². The summed E-state index contributed by atoms with van der Waals surface area (Å²) in [6.45, 7) is 11.4. The monoisotopic (exact) mass is 264 g/mol. The molecule has 106 valence electrons. The van der Waals surface area contributed by atoms with Gasteiger partial charge in [-0.25, -0.2) is 4.98 Å². The Morgan fingerprint density at radius 3 is 2.53 bits per heavy atom. The van der Waals surface area contributed by atoms with E-state index in [9.17, 15) is 0 Å². The SMILES string of the molecule is Cc1ccnc(N(CC(C)C)C(C)C)c1/C(N)=N/O. The average Bonchev–Trinajstić information content (AvgIpc) is 2.34. The van der Waals surface area contributed by atoms with Crippen molar-refractivity contribution in [2.75, 3.05) is 11.4 Å². The highest BCUT2D eigenvalue weighted by atomic mass is 16.4. The number of pyridine rings is 1. The van der Waals surface area contributed by atoms with E-state index in [1.54, 1.807) is 6.20 Å². The van der Waals surface area contributed by atoms with Crippen molar-refractivity contribution in [2.45, 2.75) is 40.7 Å². The number of hydrogen-bond donors (Lipinski definition) is 2. The summed E-state index contributed by atoms with van der Waals surface area (Å²) in [4.78, 5) is 6.62. The van der Waals surface area contributed by atoms with Crippen LogP contribution in [0.3, 0.4) is 0 Å². The molecule has 0 amide bonds. The van der Waals surface area contributed by atoms with Crippen LogP contribution in [0.1, 0.15) is 38.8 Å². The lowest BCUT2D eigenvalue weighted by Crippen LogP contribution is -2.37. The molecule has 0 fully saturated rings. The first-order valence-electron chi connectivity index (χ1n) is 6.58. The van der Waals surface area contributed by atoms with Crippen LogP contribution in [0.15, 0.2) is 17.4 Å². The minimum Gasteiger partial charge on any atom is -0.409 e. The number of amidine groups is 1. The van der Waals surface area contributed by atoms with Crippen molar-refractivity contribution in [1.29, 1.82) is 0 Å². The van der Waals surface area contributed by atoms with Gasteiger partial charge >= 0.3 is 0 Å². The lowest BCUT2D eigenvalue weighted by atomic mass is 10.1. The Morgan fingerprint density at radius 1 is 1.42 bits per heavy atom. The predicted octanol–water partition coefficient (Wildman–Crippen LogP) is 2.36. The van der Waals surface area contributed by atoms with Crippen LogP contribution < -0.4 is 10.6 Å². The number of hydrogen-bond acceptors (Lipinski definition) is 4. The summed E-state index contributed by atoms with van der Waals surface area (Å²) in [5.74, 6) is 1.39. The van der Waals surface area contributed by atoms with Gasteiger partial charge in [0.15, 0.2) is 5.84 Å². The quantitative estimate of drug-likeness (QED) is 0.370. The van der Waals surface area contributed by atoms with Crippen molar-refractivity contribution in [3.05, 3.63) is 23.4 Å². The van der Waals surface area contributed by atoms with E-state index >= 15 is 0 Å². The summed E-state index contributed by atoms with van der Waals surface area (Å²) in [5, 5.41) is 12.1. The summed E-state index contributed by atoms with van der Waals surface area (Å²) >= 11 is 0. The highest BCUT2D eigenvalue weighted by Crippen LogP contribution is 2.23. The molecule has 0 bridgehead atoms. The molecule has 0 aliphatic carbocycles. The first-order valence-corrected chi connectivity index (χ1v) is 6.58. The fourth-order valence-corrected chi connectivity index (χ4v) is 2.06. The number of anilines is 1. The largest absolute Gasteiger partial charge is 0.409 e. The Hall–Kier alpha value is -1.78. The molecule has 0 atom stereocenters. The van der Waals surface area contributed by atoms with Gasteiger partial charge in [-0.2, -0.15) is 0 Å². The first-order chi connectivity index (χ1) is 8.88. The van der Waals surface area contributed by atoms with Crippen LogP contribution >= 0.6 is 0 Å². The van der Waals surface area contributed by atoms with Gasteiger partial charge in [-0.1, -0.05) is 19.0 Å². The Bertz CT molecular complexity index is 455. The summed E-state index contributed by atoms with van der Waals surface area (Å²) in [7, 11) is 0. The zero-order valence-electron chi connectivity index (χ0n) is 12.4. The van der Waals surface area contributed by atoms with Crippen molar-refractivity contribution in [3.8, 4) is 0 Å². The molecule has 0 aliphatic rings. The van der Waals surface area contributed by atoms with Crippen LogP contribution in [0.2, 0.25) is 0 Å². The standard InChI is InChI=1S/C14H24N4O/c1-9(2)8-18(10(3)4)14-12(13(15)17-19)11(5)6-7-16-14/h6-7,9-10,19H,8H2,1-5H3,(H2,15,17). The normalized spacial score (nSPS) is 12.3. The second kappa shape index (κ2) is 6.41. The number of aromatic nitrogens is 1. The van der Waals surface area contributed by atoms with Crippen molar-refractivity contribution in [1.82, 2.24) is 4.98 Å². The maximum atomic E-state index is 8.96. The average molecular weight is 264 g/mol. The topological polar surface area (TPSA) is 74.7 Å². The van der Waals surface area contributed by atoms with E-state index in [0.29, 0.717) is 17.5 Å². The smallest absolute Gasteiger partial charge is 0.174 e. The van der Waals surface area contributed by atoms with Crippen molar-refractivity contribution < 1.29 is 5.21 Å². The third kappa shape index (κ3) is 3.59. The highest BCUT2D eigenvalue weighted by Gasteiger charge is 2.20. The van der Waals surface area contributed by atoms with Crippen molar-refractivity contribution >= 4 is 11.7 Å².